The second-order valence-corrected chi connectivity index (χ2v) is 5.77. The molecule has 25 heavy (non-hydrogen) atoms. The molecule has 2 aromatic carbocycles. The molecule has 0 unspecified atom stereocenters. The third kappa shape index (κ3) is 4.19. The normalized spacial score (nSPS) is 15.1. The molecule has 0 saturated carbocycles. The predicted molar refractivity (Wildman–Crippen MR) is 97.2 cm³/mol. The number of rotatable bonds is 5. The van der Waals surface area contributed by atoms with Crippen LogP contribution in [-0.4, -0.2) is 44.5 Å². The number of carboxylic acid groups (broad SMARTS) is 1. The lowest BCUT2D eigenvalue weighted by molar-refractivity contribution is -0.131. The van der Waals surface area contributed by atoms with Gasteiger partial charge in [0.15, 0.2) is 0 Å². The second kappa shape index (κ2) is 7.85. The van der Waals surface area contributed by atoms with E-state index in [0.717, 1.165) is 48.9 Å². The summed E-state index contributed by atoms with van der Waals surface area (Å²) in [6, 6.07) is 15.4. The Balaban J connectivity index is 1.89. The summed E-state index contributed by atoms with van der Waals surface area (Å²) in [6.07, 6.45) is 1.24. The fraction of sp³-hybridized carbons (Fsp3) is 0.250. The van der Waals surface area contributed by atoms with Crippen molar-refractivity contribution in [3.05, 3.63) is 65.7 Å². The molecule has 0 atom stereocenters. The molecule has 1 heterocycles. The van der Waals surface area contributed by atoms with Crippen LogP contribution in [0.2, 0.25) is 0 Å². The minimum atomic E-state index is -0.969. The molecule has 2 aromatic rings. The van der Waals surface area contributed by atoms with Crippen LogP contribution < -0.4 is 9.64 Å². The van der Waals surface area contributed by atoms with Crippen LogP contribution in [0.3, 0.4) is 0 Å². The number of carboxylic acids is 1. The number of hydrogen-bond acceptors (Lipinski definition) is 4. The molecule has 0 aromatic heterocycles. The molecule has 1 aliphatic rings. The number of nitrogens with zero attached hydrogens (tertiary/aromatic N) is 1. The van der Waals surface area contributed by atoms with E-state index in [-0.39, 0.29) is 0 Å². The van der Waals surface area contributed by atoms with Crippen molar-refractivity contribution < 1.29 is 19.4 Å². The Hall–Kier alpha value is -2.79. The Labute approximate surface area is 147 Å². The van der Waals surface area contributed by atoms with Crippen molar-refractivity contribution in [2.75, 3.05) is 38.3 Å². The minimum Gasteiger partial charge on any atom is -0.497 e. The maximum Gasteiger partial charge on any atom is 0.328 e. The van der Waals surface area contributed by atoms with Crippen LogP contribution >= 0.6 is 0 Å². The zero-order chi connectivity index (χ0) is 17.6. The molecular formula is C20H21NO4. The summed E-state index contributed by atoms with van der Waals surface area (Å²) in [6.45, 7) is 3.21. The number of morpholine rings is 1. The Morgan fingerprint density at radius 1 is 1.04 bits per heavy atom. The van der Waals surface area contributed by atoms with Gasteiger partial charge in [-0.1, -0.05) is 24.3 Å². The summed E-state index contributed by atoms with van der Waals surface area (Å²) in [5.41, 5.74) is 3.49. The fourth-order valence-corrected chi connectivity index (χ4v) is 2.90. The van der Waals surface area contributed by atoms with Gasteiger partial charge < -0.3 is 19.5 Å². The quantitative estimate of drug-likeness (QED) is 0.849. The third-order valence-electron chi connectivity index (χ3n) is 4.22. The summed E-state index contributed by atoms with van der Waals surface area (Å²) in [5.74, 6) is -0.232. The molecule has 1 N–H and O–H groups in total. The van der Waals surface area contributed by atoms with Crippen molar-refractivity contribution in [3.8, 4) is 5.75 Å². The summed E-state index contributed by atoms with van der Waals surface area (Å²) >= 11 is 0. The predicted octanol–water partition coefficient (Wildman–Crippen LogP) is 3.05. The first-order chi connectivity index (χ1) is 12.2. The third-order valence-corrected chi connectivity index (χ3v) is 4.22. The van der Waals surface area contributed by atoms with E-state index in [4.69, 9.17) is 9.47 Å². The Morgan fingerprint density at radius 3 is 2.12 bits per heavy atom. The molecule has 0 spiro atoms. The molecule has 1 saturated heterocycles. The molecule has 0 aliphatic carbocycles. The van der Waals surface area contributed by atoms with Gasteiger partial charge in [0, 0.05) is 24.9 Å². The number of aliphatic carboxylic acids is 1. The maximum absolute atomic E-state index is 11.3. The summed E-state index contributed by atoms with van der Waals surface area (Å²) < 4.78 is 10.5. The summed E-state index contributed by atoms with van der Waals surface area (Å²) in [4.78, 5) is 13.5. The summed E-state index contributed by atoms with van der Waals surface area (Å²) in [7, 11) is 1.60. The number of anilines is 1. The second-order valence-electron chi connectivity index (χ2n) is 5.77. The van der Waals surface area contributed by atoms with E-state index in [9.17, 15) is 9.90 Å². The van der Waals surface area contributed by atoms with Gasteiger partial charge in [-0.15, -0.1) is 0 Å². The summed E-state index contributed by atoms with van der Waals surface area (Å²) in [5, 5.41) is 9.24. The van der Waals surface area contributed by atoms with Crippen molar-refractivity contribution in [1.29, 1.82) is 0 Å². The Morgan fingerprint density at radius 2 is 1.60 bits per heavy atom. The molecule has 0 bridgehead atoms. The molecule has 130 valence electrons. The van der Waals surface area contributed by atoms with Crippen LogP contribution in [0.5, 0.6) is 5.75 Å². The Bertz CT molecular complexity index is 744. The highest BCUT2D eigenvalue weighted by atomic mass is 16.5. The van der Waals surface area contributed by atoms with Crippen molar-refractivity contribution in [2.24, 2.45) is 0 Å². The molecule has 1 aliphatic heterocycles. The van der Waals surface area contributed by atoms with Gasteiger partial charge in [0.1, 0.15) is 5.75 Å². The van der Waals surface area contributed by atoms with Gasteiger partial charge in [0.25, 0.3) is 0 Å². The Kier molecular flexibility index (Phi) is 5.36. The highest BCUT2D eigenvalue weighted by Crippen LogP contribution is 2.27. The van der Waals surface area contributed by atoms with Crippen LogP contribution in [0.25, 0.3) is 5.57 Å². The van der Waals surface area contributed by atoms with E-state index < -0.39 is 5.97 Å². The number of hydrogen-bond donors (Lipinski definition) is 1. The van der Waals surface area contributed by atoms with Crippen LogP contribution in [-0.2, 0) is 9.53 Å². The first kappa shape index (κ1) is 17.0. The topological polar surface area (TPSA) is 59.0 Å². The highest BCUT2D eigenvalue weighted by Gasteiger charge is 2.12. The van der Waals surface area contributed by atoms with Gasteiger partial charge in [-0.3, -0.25) is 0 Å². The van der Waals surface area contributed by atoms with Crippen LogP contribution in [0, 0.1) is 0 Å². The molecule has 5 heteroatoms. The smallest absolute Gasteiger partial charge is 0.328 e. The highest BCUT2D eigenvalue weighted by molar-refractivity contribution is 5.95. The van der Waals surface area contributed by atoms with E-state index in [1.54, 1.807) is 7.11 Å². The average molecular weight is 339 g/mol. The van der Waals surface area contributed by atoms with Gasteiger partial charge in [-0.2, -0.15) is 0 Å². The van der Waals surface area contributed by atoms with Crippen molar-refractivity contribution in [3.63, 3.8) is 0 Å². The van der Waals surface area contributed by atoms with Gasteiger partial charge in [0.05, 0.1) is 20.3 Å². The lowest BCUT2D eigenvalue weighted by atomic mass is 9.97. The van der Waals surface area contributed by atoms with Crippen LogP contribution in [0.1, 0.15) is 11.1 Å². The zero-order valence-corrected chi connectivity index (χ0v) is 14.1. The lowest BCUT2D eigenvalue weighted by Gasteiger charge is -2.29. The van der Waals surface area contributed by atoms with Crippen molar-refractivity contribution in [2.45, 2.75) is 0 Å². The van der Waals surface area contributed by atoms with Crippen molar-refractivity contribution >= 4 is 17.2 Å². The number of carbonyl (C=O) groups is 1. The van der Waals surface area contributed by atoms with Gasteiger partial charge in [-0.25, -0.2) is 4.79 Å². The van der Waals surface area contributed by atoms with E-state index in [1.807, 2.05) is 48.5 Å². The number of methoxy groups -OCH3 is 1. The van der Waals surface area contributed by atoms with Crippen LogP contribution in [0.15, 0.2) is 54.6 Å². The standard InChI is InChI=1S/C20H21NO4/c1-24-18-8-4-16(5-9-18)19(14-20(22)23)15-2-6-17(7-3-15)21-10-12-25-13-11-21/h2-9,14H,10-13H2,1H3,(H,22,23)/b19-14+. The largest absolute Gasteiger partial charge is 0.497 e. The first-order valence-electron chi connectivity index (χ1n) is 8.19. The molecule has 3 rings (SSSR count). The van der Waals surface area contributed by atoms with E-state index in [1.165, 1.54) is 6.08 Å². The molecule has 0 amide bonds. The average Bonchev–Trinajstić information content (AvgIpc) is 2.67. The van der Waals surface area contributed by atoms with Crippen LogP contribution in [0.4, 0.5) is 5.69 Å². The monoisotopic (exact) mass is 339 g/mol. The van der Waals surface area contributed by atoms with Gasteiger partial charge >= 0.3 is 5.97 Å². The zero-order valence-electron chi connectivity index (χ0n) is 14.1. The SMILES string of the molecule is COc1ccc(/C(=C/C(=O)O)c2ccc(N3CCOCC3)cc2)cc1. The number of benzene rings is 2. The maximum atomic E-state index is 11.3. The molecule has 0 radical (unpaired) electrons. The molecule has 1 fully saturated rings. The van der Waals surface area contributed by atoms with E-state index in [0.29, 0.717) is 5.57 Å². The molecule has 5 nitrogen and oxygen atoms in total. The first-order valence-corrected chi connectivity index (χ1v) is 8.19. The minimum absolute atomic E-state index is 0.670. The van der Waals surface area contributed by atoms with Gasteiger partial charge in [0.2, 0.25) is 0 Å². The fourth-order valence-electron chi connectivity index (χ4n) is 2.90. The number of ether oxygens (including phenoxy) is 2. The lowest BCUT2D eigenvalue weighted by Crippen LogP contribution is -2.36. The molecular weight excluding hydrogens is 318 g/mol. The van der Waals surface area contributed by atoms with E-state index >= 15 is 0 Å². The van der Waals surface area contributed by atoms with Crippen molar-refractivity contribution in [1.82, 2.24) is 0 Å². The van der Waals surface area contributed by atoms with Gasteiger partial charge in [-0.05, 0) is 41.0 Å². The van der Waals surface area contributed by atoms with E-state index in [2.05, 4.69) is 4.90 Å².